The lowest BCUT2D eigenvalue weighted by Crippen LogP contribution is -2.38. The molecule has 0 fully saturated rings. The van der Waals surface area contributed by atoms with E-state index < -0.39 is 10.0 Å². The number of aliphatic imine (C=N–C) groups is 1. The van der Waals surface area contributed by atoms with Gasteiger partial charge in [-0.1, -0.05) is 12.1 Å². The zero-order valence-electron chi connectivity index (χ0n) is 13.3. The number of benzene rings is 1. The van der Waals surface area contributed by atoms with E-state index in [-0.39, 0.29) is 29.8 Å². The Kier molecular flexibility index (Phi) is 11.1. The van der Waals surface area contributed by atoms with Crippen molar-refractivity contribution < 1.29 is 12.8 Å². The molecule has 0 unspecified atom stereocenters. The molecule has 132 valence electrons. The van der Waals surface area contributed by atoms with Crippen LogP contribution in [0.4, 0.5) is 4.39 Å². The normalized spacial score (nSPS) is 11.7. The molecule has 0 saturated carbocycles. The third-order valence-electron chi connectivity index (χ3n) is 2.69. The van der Waals surface area contributed by atoms with Crippen LogP contribution in [0.5, 0.6) is 0 Å². The number of guanidine groups is 1. The Labute approximate surface area is 154 Å². The highest BCUT2D eigenvalue weighted by Crippen LogP contribution is 2.03. The molecule has 0 aromatic heterocycles. The average Bonchev–Trinajstić information content (AvgIpc) is 2.44. The zero-order chi connectivity index (χ0) is 16.4. The molecule has 1 rings (SSSR count). The Morgan fingerprint density at radius 2 is 1.83 bits per heavy atom. The summed E-state index contributed by atoms with van der Waals surface area (Å²) < 4.78 is 37.1. The minimum Gasteiger partial charge on any atom is -0.357 e. The van der Waals surface area contributed by atoms with Gasteiger partial charge >= 0.3 is 0 Å². The maximum atomic E-state index is 12.8. The number of halogens is 2. The lowest BCUT2D eigenvalue weighted by Gasteiger charge is -2.11. The van der Waals surface area contributed by atoms with Crippen LogP contribution in [0.25, 0.3) is 0 Å². The highest BCUT2D eigenvalue weighted by atomic mass is 127. The van der Waals surface area contributed by atoms with E-state index in [1.165, 1.54) is 12.1 Å². The van der Waals surface area contributed by atoms with E-state index in [0.717, 1.165) is 18.4 Å². The van der Waals surface area contributed by atoms with Gasteiger partial charge in [0.15, 0.2) is 5.96 Å². The predicted octanol–water partition coefficient (Wildman–Crippen LogP) is 1.44. The van der Waals surface area contributed by atoms with Gasteiger partial charge in [-0.05, 0) is 31.0 Å². The molecule has 0 bridgehead atoms. The van der Waals surface area contributed by atoms with Gasteiger partial charge in [-0.2, -0.15) is 0 Å². The second kappa shape index (κ2) is 11.6. The fourth-order valence-electron chi connectivity index (χ4n) is 1.65. The van der Waals surface area contributed by atoms with E-state index in [1.54, 1.807) is 12.1 Å². The lowest BCUT2D eigenvalue weighted by atomic mass is 10.2. The van der Waals surface area contributed by atoms with Crippen molar-refractivity contribution in [3.05, 3.63) is 35.6 Å². The van der Waals surface area contributed by atoms with E-state index in [2.05, 4.69) is 20.3 Å². The van der Waals surface area contributed by atoms with E-state index in [4.69, 9.17) is 0 Å². The highest BCUT2D eigenvalue weighted by Gasteiger charge is 2.00. The van der Waals surface area contributed by atoms with Crippen molar-refractivity contribution in [2.24, 2.45) is 4.99 Å². The summed E-state index contributed by atoms with van der Waals surface area (Å²) in [5, 5.41) is 6.22. The Hall–Kier alpha value is -0.940. The SMILES string of the molecule is CCNC(=NCc1ccc(F)cc1)NCCCNS(C)(=O)=O.I. The monoisotopic (exact) mass is 458 g/mol. The molecular formula is C14H24FIN4O2S. The van der Waals surface area contributed by atoms with Gasteiger partial charge in [-0.25, -0.2) is 22.5 Å². The average molecular weight is 458 g/mol. The minimum absolute atomic E-state index is 0. The first-order valence-corrected chi connectivity index (χ1v) is 9.01. The Bertz CT molecular complexity index is 579. The van der Waals surface area contributed by atoms with Crippen LogP contribution < -0.4 is 15.4 Å². The van der Waals surface area contributed by atoms with Crippen LogP contribution in [0.1, 0.15) is 18.9 Å². The zero-order valence-corrected chi connectivity index (χ0v) is 16.4. The van der Waals surface area contributed by atoms with E-state index >= 15 is 0 Å². The maximum absolute atomic E-state index is 12.8. The van der Waals surface area contributed by atoms with Gasteiger partial charge in [0, 0.05) is 19.6 Å². The molecule has 6 nitrogen and oxygen atoms in total. The summed E-state index contributed by atoms with van der Waals surface area (Å²) in [4.78, 5) is 4.39. The maximum Gasteiger partial charge on any atom is 0.208 e. The van der Waals surface area contributed by atoms with Gasteiger partial charge in [-0.3, -0.25) is 0 Å². The fraction of sp³-hybridized carbons (Fsp3) is 0.500. The van der Waals surface area contributed by atoms with E-state index in [9.17, 15) is 12.8 Å². The van der Waals surface area contributed by atoms with Crippen molar-refractivity contribution in [3.8, 4) is 0 Å². The molecular weight excluding hydrogens is 434 g/mol. The van der Waals surface area contributed by atoms with Crippen LogP contribution in [-0.2, 0) is 16.6 Å². The summed E-state index contributed by atoms with van der Waals surface area (Å²) in [5.74, 6) is 0.377. The van der Waals surface area contributed by atoms with Crippen LogP contribution >= 0.6 is 24.0 Å². The summed E-state index contributed by atoms with van der Waals surface area (Å²) in [5.41, 5.74) is 0.914. The predicted molar refractivity (Wildman–Crippen MR) is 102 cm³/mol. The first-order valence-electron chi connectivity index (χ1n) is 7.12. The first kappa shape index (κ1) is 22.1. The highest BCUT2D eigenvalue weighted by molar-refractivity contribution is 14.0. The topological polar surface area (TPSA) is 82.6 Å². The number of sulfonamides is 1. The quantitative estimate of drug-likeness (QED) is 0.238. The van der Waals surface area contributed by atoms with Crippen molar-refractivity contribution in [2.75, 3.05) is 25.9 Å². The van der Waals surface area contributed by atoms with Gasteiger partial charge in [0.05, 0.1) is 12.8 Å². The van der Waals surface area contributed by atoms with E-state index in [0.29, 0.717) is 32.0 Å². The smallest absolute Gasteiger partial charge is 0.208 e. The molecule has 0 spiro atoms. The fourth-order valence-corrected chi connectivity index (χ4v) is 2.17. The molecule has 0 heterocycles. The third kappa shape index (κ3) is 11.3. The van der Waals surface area contributed by atoms with Crippen molar-refractivity contribution in [1.29, 1.82) is 0 Å². The Balaban J connectivity index is 0.00000484. The summed E-state index contributed by atoms with van der Waals surface area (Å²) in [6, 6.07) is 6.20. The molecule has 0 aliphatic carbocycles. The molecule has 23 heavy (non-hydrogen) atoms. The van der Waals surface area contributed by atoms with Crippen molar-refractivity contribution in [1.82, 2.24) is 15.4 Å². The Morgan fingerprint density at radius 3 is 2.39 bits per heavy atom. The molecule has 0 aliphatic heterocycles. The van der Waals surface area contributed by atoms with Crippen molar-refractivity contribution in [2.45, 2.75) is 19.9 Å². The van der Waals surface area contributed by atoms with Gasteiger partial charge in [0.25, 0.3) is 0 Å². The molecule has 0 radical (unpaired) electrons. The number of hydrogen-bond acceptors (Lipinski definition) is 3. The van der Waals surface area contributed by atoms with Crippen molar-refractivity contribution >= 4 is 40.0 Å². The van der Waals surface area contributed by atoms with E-state index in [1.807, 2.05) is 6.92 Å². The molecule has 0 amide bonds. The van der Waals surface area contributed by atoms with Crippen LogP contribution in [0.3, 0.4) is 0 Å². The summed E-state index contributed by atoms with van der Waals surface area (Å²) in [6.07, 6.45) is 1.78. The molecule has 1 aromatic rings. The summed E-state index contributed by atoms with van der Waals surface area (Å²) in [6.45, 7) is 4.09. The summed E-state index contributed by atoms with van der Waals surface area (Å²) in [7, 11) is -3.14. The second-order valence-corrected chi connectivity index (χ2v) is 6.60. The molecule has 1 aromatic carbocycles. The van der Waals surface area contributed by atoms with Crippen LogP contribution in [0, 0.1) is 5.82 Å². The standard InChI is InChI=1S/C14H23FN4O2S.HI/c1-3-16-14(17-9-4-10-19-22(2,20)21)18-11-12-5-7-13(15)8-6-12;/h5-8,19H,3-4,9-11H2,1-2H3,(H2,16,17,18);1H. The molecule has 0 atom stereocenters. The lowest BCUT2D eigenvalue weighted by molar-refractivity contribution is 0.584. The van der Waals surface area contributed by atoms with Gasteiger partial charge in [0.2, 0.25) is 10.0 Å². The Morgan fingerprint density at radius 1 is 1.17 bits per heavy atom. The molecule has 9 heteroatoms. The second-order valence-electron chi connectivity index (χ2n) is 4.77. The number of nitrogens with zero attached hydrogens (tertiary/aromatic N) is 1. The van der Waals surface area contributed by atoms with Crippen LogP contribution in [-0.4, -0.2) is 40.3 Å². The molecule has 0 aliphatic rings. The molecule has 0 saturated heterocycles. The summed E-state index contributed by atoms with van der Waals surface area (Å²) >= 11 is 0. The first-order chi connectivity index (χ1) is 10.4. The number of rotatable bonds is 8. The largest absolute Gasteiger partial charge is 0.357 e. The van der Waals surface area contributed by atoms with Gasteiger partial charge in [0.1, 0.15) is 5.82 Å². The van der Waals surface area contributed by atoms with Gasteiger partial charge < -0.3 is 10.6 Å². The molecule has 3 N–H and O–H groups in total. The number of hydrogen-bond donors (Lipinski definition) is 3. The van der Waals surface area contributed by atoms with Gasteiger partial charge in [-0.15, -0.1) is 24.0 Å². The van der Waals surface area contributed by atoms with Crippen molar-refractivity contribution in [3.63, 3.8) is 0 Å². The van der Waals surface area contributed by atoms with Crippen LogP contribution in [0.15, 0.2) is 29.3 Å². The number of nitrogens with one attached hydrogen (secondary N) is 3. The van der Waals surface area contributed by atoms with Crippen LogP contribution in [0.2, 0.25) is 0 Å². The third-order valence-corrected chi connectivity index (χ3v) is 3.42. The minimum atomic E-state index is -3.14.